The van der Waals surface area contributed by atoms with Crippen LogP contribution in [0.1, 0.15) is 56.8 Å². The number of halogens is 1. The molecule has 2 amide bonds. The second-order valence-electron chi connectivity index (χ2n) is 18.7. The lowest BCUT2D eigenvalue weighted by atomic mass is 9.94. The number of para-hydroxylation sites is 4. The highest BCUT2D eigenvalue weighted by Gasteiger charge is 2.45. The number of nitrogens with two attached hydrogens (primary N) is 2. The van der Waals surface area contributed by atoms with Gasteiger partial charge in [0, 0.05) is 61.6 Å². The number of ether oxygens (including phenoxy) is 6. The second kappa shape index (κ2) is 26.6. The SMILES string of the molecule is C#CCC1CCN(C(=O)Oc2ccccc2OC)CC1.COc1ccccc1OC(=O)N1CCC(CC#Cc2nc(N)c3ncn([C@@H]4O[C@H](CO)C(O)[C@@H]4O)c3n2)CC1.Nc1nc(I)nc2c1ncn2[C@@H]1O[C@H](CO)C(O)[C@@H]1O. The first kappa shape index (κ1) is 58.0. The first-order valence-electron chi connectivity index (χ1n) is 25.2. The maximum atomic E-state index is 12.6. The van der Waals surface area contributed by atoms with Crippen molar-refractivity contribution in [2.75, 3.05) is 65.1 Å². The number of methoxy groups -OCH3 is 2. The van der Waals surface area contributed by atoms with E-state index in [1.54, 1.807) is 47.2 Å². The summed E-state index contributed by atoms with van der Waals surface area (Å²) in [4.78, 5) is 53.3. The van der Waals surface area contributed by atoms with E-state index in [9.17, 15) is 35.1 Å². The quantitative estimate of drug-likeness (QED) is 0.0554. The number of terminal acetylenes is 1. The molecule has 0 aliphatic carbocycles. The van der Waals surface area contributed by atoms with Crippen LogP contribution in [0, 0.1) is 39.9 Å². The number of imidazole rings is 2. The van der Waals surface area contributed by atoms with Crippen molar-refractivity contribution in [1.82, 2.24) is 48.8 Å². The minimum atomic E-state index is -1.29. The molecule has 4 aliphatic rings. The summed E-state index contributed by atoms with van der Waals surface area (Å²) in [5.74, 6) is 12.0. The summed E-state index contributed by atoms with van der Waals surface area (Å²) < 4.78 is 35.7. The summed E-state index contributed by atoms with van der Waals surface area (Å²) in [6.07, 6.45) is 3.57. The lowest BCUT2D eigenvalue weighted by Crippen LogP contribution is -2.40. The molecule has 8 heterocycles. The third-order valence-electron chi connectivity index (χ3n) is 13.7. The van der Waals surface area contributed by atoms with Crippen molar-refractivity contribution in [2.24, 2.45) is 11.8 Å². The summed E-state index contributed by atoms with van der Waals surface area (Å²) >= 11 is 1.92. The predicted molar refractivity (Wildman–Crippen MR) is 290 cm³/mol. The fraction of sp³-hybridized carbons (Fsp3) is 0.462. The van der Waals surface area contributed by atoms with Crippen LogP contribution in [0.25, 0.3) is 22.3 Å². The maximum absolute atomic E-state index is 12.6. The van der Waals surface area contributed by atoms with Gasteiger partial charge in [-0.3, -0.25) is 9.13 Å². The molecule has 27 heteroatoms. The number of rotatable bonds is 10. The number of hydrogen-bond acceptors (Lipinski definition) is 22. The smallest absolute Gasteiger partial charge is 0.415 e. The molecule has 0 spiro atoms. The van der Waals surface area contributed by atoms with Gasteiger partial charge in [0.1, 0.15) is 47.7 Å². The minimum absolute atomic E-state index is 0.122. The third-order valence-corrected chi connectivity index (χ3v) is 14.2. The summed E-state index contributed by atoms with van der Waals surface area (Å²) in [5, 5.41) is 58.8. The van der Waals surface area contributed by atoms with Gasteiger partial charge in [-0.15, -0.1) is 12.3 Å². The number of carbonyl (C=O) groups is 2. The number of aliphatic hydroxyl groups excluding tert-OH is 6. The van der Waals surface area contributed by atoms with Gasteiger partial charge in [-0.2, -0.15) is 0 Å². The Morgan fingerprint density at radius 3 is 1.52 bits per heavy atom. The topological polar surface area (TPSA) is 357 Å². The Hall–Kier alpha value is -7.19. The molecule has 4 saturated heterocycles. The molecule has 420 valence electrons. The van der Waals surface area contributed by atoms with Gasteiger partial charge < -0.3 is 80.3 Å². The fourth-order valence-electron chi connectivity index (χ4n) is 9.30. The standard InChI is InChI=1S/C26H30N6O7.C16H19NO3.C10H12IN5O4/c1-37-16-6-2-3-7-17(16)39-26(36)31-11-9-15(10-12-31)5-4-8-19-29-23(27)20-24(30-19)32(14-28-20)25-22(35)21(34)18(13-33)38-25;1-3-6-13-9-11-17(12-10-13)16(18)20-15-8-5-4-7-14(15)19-2;11-10-14-7(12)4-8(15-10)16(2-13-4)9-6(19)5(18)3(1-17)20-9/h2-3,6-7,14-15,18,21-22,25,33-35H,5,9-13H2,1H3,(H2,27,29,30);1,4-5,7-8,13H,6,9-12H2,2H3;2-3,5-6,9,17-19H,1H2,(H2,12,14,15)/t18-,21?,22+,25-;;3-,5?,6+,9-/m1.1/s1. The Bertz CT molecular complexity index is 3170. The Morgan fingerprint density at radius 1 is 0.658 bits per heavy atom. The number of nitrogens with zero attached hydrogens (tertiary/aromatic N) is 10. The van der Waals surface area contributed by atoms with E-state index in [4.69, 9.17) is 51.4 Å². The first-order valence-corrected chi connectivity index (χ1v) is 26.3. The molecule has 79 heavy (non-hydrogen) atoms. The van der Waals surface area contributed by atoms with Crippen LogP contribution in [-0.2, 0) is 9.47 Å². The maximum Gasteiger partial charge on any atom is 0.415 e. The van der Waals surface area contributed by atoms with Crippen LogP contribution in [0.15, 0.2) is 61.2 Å². The summed E-state index contributed by atoms with van der Waals surface area (Å²) in [6, 6.07) is 14.1. The van der Waals surface area contributed by atoms with Crippen LogP contribution in [0.4, 0.5) is 21.2 Å². The molecule has 4 aromatic heterocycles. The van der Waals surface area contributed by atoms with Crippen molar-refractivity contribution in [3.05, 3.63) is 70.8 Å². The number of fused-ring (bicyclic) bond motifs is 2. The number of aromatic nitrogens is 8. The molecule has 0 radical (unpaired) electrons. The second-order valence-corrected chi connectivity index (χ2v) is 19.7. The highest BCUT2D eigenvalue weighted by molar-refractivity contribution is 14.1. The van der Waals surface area contributed by atoms with Crippen molar-refractivity contribution in [1.29, 1.82) is 0 Å². The number of likely N-dealkylation sites (tertiary alicyclic amines) is 2. The van der Waals surface area contributed by atoms with Crippen LogP contribution in [-0.4, -0.2) is 182 Å². The van der Waals surface area contributed by atoms with Gasteiger partial charge in [0.05, 0.1) is 40.1 Å². The zero-order chi connectivity index (χ0) is 56.3. The number of anilines is 2. The third kappa shape index (κ3) is 13.5. The van der Waals surface area contributed by atoms with E-state index < -0.39 is 68.4 Å². The zero-order valence-electron chi connectivity index (χ0n) is 43.1. The van der Waals surface area contributed by atoms with E-state index in [-0.39, 0.29) is 23.6 Å². The zero-order valence-corrected chi connectivity index (χ0v) is 45.2. The van der Waals surface area contributed by atoms with Gasteiger partial charge in [-0.25, -0.2) is 39.5 Å². The van der Waals surface area contributed by atoms with E-state index in [0.717, 1.165) is 32.1 Å². The monoisotopic (exact) mass is 1200 g/mol. The molecule has 4 fully saturated rings. The molecule has 6 aromatic rings. The summed E-state index contributed by atoms with van der Waals surface area (Å²) in [6.45, 7) is 1.66. The van der Waals surface area contributed by atoms with E-state index >= 15 is 0 Å². The Labute approximate surface area is 466 Å². The van der Waals surface area contributed by atoms with Gasteiger partial charge in [0.25, 0.3) is 0 Å². The van der Waals surface area contributed by atoms with Crippen molar-refractivity contribution in [3.63, 3.8) is 0 Å². The van der Waals surface area contributed by atoms with Gasteiger partial charge in [0.2, 0.25) is 5.82 Å². The lowest BCUT2D eigenvalue weighted by molar-refractivity contribution is -0.0511. The van der Waals surface area contributed by atoms with Crippen LogP contribution in [0.2, 0.25) is 0 Å². The van der Waals surface area contributed by atoms with Gasteiger partial charge >= 0.3 is 12.2 Å². The Balaban J connectivity index is 0.000000172. The van der Waals surface area contributed by atoms with Crippen LogP contribution >= 0.6 is 22.6 Å². The molecule has 26 nitrogen and oxygen atoms in total. The predicted octanol–water partition coefficient (Wildman–Crippen LogP) is 2.24. The number of piperidine rings is 2. The van der Waals surface area contributed by atoms with E-state index in [0.29, 0.717) is 93.6 Å². The van der Waals surface area contributed by atoms with E-state index in [1.165, 1.54) is 28.9 Å². The molecule has 4 aliphatic heterocycles. The molecule has 2 unspecified atom stereocenters. The first-order chi connectivity index (χ1) is 38.2. The average molecular weight is 1210 g/mol. The number of aliphatic hydroxyl groups is 6. The van der Waals surface area contributed by atoms with Crippen LogP contribution in [0.5, 0.6) is 23.0 Å². The number of nitrogen functional groups attached to an aromatic ring is 2. The fourth-order valence-corrected chi connectivity index (χ4v) is 9.79. The molecular formula is C52H61IN12O14. The molecule has 8 atom stereocenters. The number of benzene rings is 2. The summed E-state index contributed by atoms with van der Waals surface area (Å²) in [5.41, 5.74) is 13.2. The van der Waals surface area contributed by atoms with Crippen LogP contribution < -0.4 is 30.4 Å². The number of hydrogen-bond donors (Lipinski definition) is 8. The molecule has 0 bridgehead atoms. The average Bonchev–Trinajstić information content (AvgIpc) is 4.39. The van der Waals surface area contributed by atoms with Gasteiger partial charge in [0.15, 0.2) is 62.2 Å². The largest absolute Gasteiger partial charge is 0.493 e. The number of amides is 2. The van der Waals surface area contributed by atoms with E-state index in [1.807, 2.05) is 40.8 Å². The Kier molecular flexibility index (Phi) is 19.6. The van der Waals surface area contributed by atoms with Crippen molar-refractivity contribution < 1.29 is 68.6 Å². The van der Waals surface area contributed by atoms with Crippen LogP contribution in [0.3, 0.4) is 0 Å². The normalized spacial score (nSPS) is 23.1. The molecule has 10 rings (SSSR count). The summed E-state index contributed by atoms with van der Waals surface area (Å²) in [7, 11) is 3.08. The van der Waals surface area contributed by atoms with Crippen molar-refractivity contribution in [2.45, 2.75) is 87.6 Å². The van der Waals surface area contributed by atoms with Gasteiger partial charge in [-0.1, -0.05) is 30.2 Å². The lowest BCUT2D eigenvalue weighted by Gasteiger charge is -2.30. The Morgan fingerprint density at radius 2 is 1.09 bits per heavy atom. The number of carbonyl (C=O) groups excluding carboxylic acids is 2. The highest BCUT2D eigenvalue weighted by Crippen LogP contribution is 2.35. The van der Waals surface area contributed by atoms with Gasteiger partial charge in [-0.05, 0) is 67.7 Å². The molecule has 0 saturated carbocycles. The van der Waals surface area contributed by atoms with Crippen molar-refractivity contribution >= 4 is 68.7 Å². The molecule has 10 N–H and O–H groups in total. The highest BCUT2D eigenvalue weighted by atomic mass is 127. The van der Waals surface area contributed by atoms with E-state index in [2.05, 4.69) is 47.7 Å². The van der Waals surface area contributed by atoms with Crippen molar-refractivity contribution in [3.8, 4) is 47.2 Å². The molecule has 2 aromatic carbocycles. The molecular weight excluding hydrogens is 1140 g/mol. The minimum Gasteiger partial charge on any atom is -0.493 e.